The normalized spacial score (nSPS) is 19.3. The quantitative estimate of drug-likeness (QED) is 0.546. The highest BCUT2D eigenvalue weighted by Gasteiger charge is 2.38. The molecule has 0 unspecified atom stereocenters. The van der Waals surface area contributed by atoms with Gasteiger partial charge in [-0.15, -0.1) is 0 Å². The molecule has 0 saturated heterocycles. The fourth-order valence-electron chi connectivity index (χ4n) is 4.28. The Kier molecular flexibility index (Phi) is 6.28. The Labute approximate surface area is 185 Å². The number of rotatable bonds is 6. The van der Waals surface area contributed by atoms with Crippen molar-refractivity contribution in [2.45, 2.75) is 57.4 Å². The summed E-state index contributed by atoms with van der Waals surface area (Å²) in [5, 5.41) is 7.73. The molecule has 3 aromatic rings. The number of hydrogen-bond acceptors (Lipinski definition) is 6. The fraction of sp³-hybridized carbons (Fsp3) is 0.478. The highest BCUT2D eigenvalue weighted by molar-refractivity contribution is 5.90. The fourth-order valence-corrected chi connectivity index (χ4v) is 4.28. The van der Waals surface area contributed by atoms with Crippen molar-refractivity contribution in [3.8, 4) is 0 Å². The Morgan fingerprint density at radius 2 is 1.75 bits per heavy atom. The van der Waals surface area contributed by atoms with E-state index in [1.54, 1.807) is 0 Å². The van der Waals surface area contributed by atoms with Crippen molar-refractivity contribution >= 4 is 22.7 Å². The second kappa shape index (κ2) is 8.97. The third-order valence-corrected chi connectivity index (χ3v) is 5.84. The highest BCUT2D eigenvalue weighted by Crippen LogP contribution is 2.34. The van der Waals surface area contributed by atoms with Crippen LogP contribution in [0.5, 0.6) is 0 Å². The van der Waals surface area contributed by atoms with E-state index in [9.17, 15) is 13.2 Å². The zero-order chi connectivity index (χ0) is 22.9. The first-order valence-electron chi connectivity index (χ1n) is 10.8. The Balaban J connectivity index is 1.35. The van der Waals surface area contributed by atoms with Gasteiger partial charge in [0.05, 0.1) is 5.52 Å². The summed E-state index contributed by atoms with van der Waals surface area (Å²) < 4.78 is 44.2. The number of para-hydroxylation sites is 1. The molecule has 0 atom stereocenters. The Morgan fingerprint density at radius 1 is 1.06 bits per heavy atom. The van der Waals surface area contributed by atoms with Crippen LogP contribution < -0.4 is 15.5 Å². The molecule has 1 saturated carbocycles. The summed E-state index contributed by atoms with van der Waals surface area (Å²) in [6.07, 6.45) is -0.963. The first-order chi connectivity index (χ1) is 15.2. The lowest BCUT2D eigenvalue weighted by molar-refractivity contribution is -0.154. The lowest BCUT2D eigenvalue weighted by Gasteiger charge is -2.30. The van der Waals surface area contributed by atoms with Crippen LogP contribution in [0.25, 0.3) is 10.9 Å². The first-order valence-corrected chi connectivity index (χ1v) is 10.8. The van der Waals surface area contributed by atoms with Crippen LogP contribution in [0.3, 0.4) is 0 Å². The lowest BCUT2D eigenvalue weighted by atomic mass is 9.91. The molecule has 2 heterocycles. The molecule has 2 aromatic heterocycles. The van der Waals surface area contributed by atoms with Crippen molar-refractivity contribution in [3.05, 3.63) is 47.4 Å². The topological polar surface area (TPSA) is 66.2 Å². The van der Waals surface area contributed by atoms with Gasteiger partial charge < -0.3 is 20.0 Å². The summed E-state index contributed by atoms with van der Waals surface area (Å²) >= 11 is 0. The van der Waals surface area contributed by atoms with E-state index < -0.39 is 11.9 Å². The average molecular weight is 448 g/mol. The van der Waals surface area contributed by atoms with Gasteiger partial charge in [-0.2, -0.15) is 18.2 Å². The van der Waals surface area contributed by atoms with Crippen LogP contribution in [-0.4, -0.2) is 36.1 Å². The van der Waals surface area contributed by atoms with Gasteiger partial charge in [0.25, 0.3) is 0 Å². The molecular formula is C23H28F3N5O. The zero-order valence-corrected chi connectivity index (χ0v) is 18.5. The van der Waals surface area contributed by atoms with Gasteiger partial charge in [0.15, 0.2) is 0 Å². The van der Waals surface area contributed by atoms with Gasteiger partial charge in [0, 0.05) is 43.7 Å². The van der Waals surface area contributed by atoms with E-state index in [4.69, 9.17) is 9.40 Å². The standard InChI is InChI=1S/C23H28F3N5O/c1-14-12-15(20(32-14)23(24,25)26)13-27-16-8-10-17(11-9-16)28-22-29-19-7-5-4-6-18(19)21(30-22)31(2)3/h4-7,12,16-17,27H,8-11,13H2,1-3H3,(H,28,29,30)/t16-,17+. The largest absolute Gasteiger partial charge is 0.456 e. The molecule has 9 heteroatoms. The number of furan rings is 1. The van der Waals surface area contributed by atoms with Crippen LogP contribution in [0.4, 0.5) is 24.9 Å². The minimum atomic E-state index is -4.47. The maximum Gasteiger partial charge on any atom is 0.449 e. The smallest absolute Gasteiger partial charge is 0.449 e. The third kappa shape index (κ3) is 4.98. The number of hydrogen-bond donors (Lipinski definition) is 2. The Hall–Kier alpha value is -2.81. The molecule has 0 aliphatic heterocycles. The minimum absolute atomic E-state index is 0.148. The summed E-state index contributed by atoms with van der Waals surface area (Å²) in [5.41, 5.74) is 1.05. The van der Waals surface area contributed by atoms with E-state index >= 15 is 0 Å². The molecule has 1 fully saturated rings. The number of alkyl halides is 3. The maximum absolute atomic E-state index is 13.1. The van der Waals surface area contributed by atoms with Gasteiger partial charge in [-0.1, -0.05) is 12.1 Å². The second-order valence-corrected chi connectivity index (χ2v) is 8.57. The number of aromatic nitrogens is 2. The van der Waals surface area contributed by atoms with E-state index in [1.807, 2.05) is 43.3 Å². The minimum Gasteiger partial charge on any atom is -0.456 e. The average Bonchev–Trinajstić information content (AvgIpc) is 3.14. The van der Waals surface area contributed by atoms with Gasteiger partial charge in [-0.05, 0) is 50.8 Å². The summed E-state index contributed by atoms with van der Waals surface area (Å²) in [5.74, 6) is 0.842. The molecule has 0 radical (unpaired) electrons. The predicted molar refractivity (Wildman–Crippen MR) is 119 cm³/mol. The van der Waals surface area contributed by atoms with E-state index in [-0.39, 0.29) is 30.0 Å². The van der Waals surface area contributed by atoms with Crippen molar-refractivity contribution in [3.63, 3.8) is 0 Å². The van der Waals surface area contributed by atoms with E-state index in [0.717, 1.165) is 42.4 Å². The molecule has 0 amide bonds. The van der Waals surface area contributed by atoms with Crippen LogP contribution in [0.1, 0.15) is 42.8 Å². The van der Waals surface area contributed by atoms with Crippen molar-refractivity contribution in [1.82, 2.24) is 15.3 Å². The SMILES string of the molecule is Cc1cc(CN[C@H]2CC[C@@H](Nc3nc(N(C)C)c4ccccc4n3)CC2)c(C(F)(F)F)o1. The first kappa shape index (κ1) is 22.4. The molecule has 1 aliphatic rings. The Bertz CT molecular complexity index is 1070. The van der Waals surface area contributed by atoms with Crippen LogP contribution in [-0.2, 0) is 12.7 Å². The van der Waals surface area contributed by atoms with Crippen LogP contribution >= 0.6 is 0 Å². The van der Waals surface area contributed by atoms with Crippen molar-refractivity contribution in [2.75, 3.05) is 24.3 Å². The summed E-state index contributed by atoms with van der Waals surface area (Å²) in [6.45, 7) is 1.68. The molecule has 2 N–H and O–H groups in total. The number of fused-ring (bicyclic) bond motifs is 1. The van der Waals surface area contributed by atoms with Crippen LogP contribution in [0.15, 0.2) is 34.7 Å². The third-order valence-electron chi connectivity index (χ3n) is 5.84. The van der Waals surface area contributed by atoms with E-state index in [1.165, 1.54) is 13.0 Å². The molecule has 0 bridgehead atoms. The van der Waals surface area contributed by atoms with E-state index in [2.05, 4.69) is 15.6 Å². The molecule has 4 rings (SSSR count). The maximum atomic E-state index is 13.1. The van der Waals surface area contributed by atoms with E-state index in [0.29, 0.717) is 5.95 Å². The van der Waals surface area contributed by atoms with Crippen LogP contribution in [0, 0.1) is 6.92 Å². The molecule has 1 aromatic carbocycles. The second-order valence-electron chi connectivity index (χ2n) is 8.57. The molecule has 32 heavy (non-hydrogen) atoms. The number of nitrogens with zero attached hydrogens (tertiary/aromatic N) is 3. The van der Waals surface area contributed by atoms with Gasteiger partial charge in [0.2, 0.25) is 11.7 Å². The lowest BCUT2D eigenvalue weighted by Crippen LogP contribution is -2.37. The van der Waals surface area contributed by atoms with Crippen molar-refractivity contribution < 1.29 is 17.6 Å². The van der Waals surface area contributed by atoms with Crippen LogP contribution in [0.2, 0.25) is 0 Å². The van der Waals surface area contributed by atoms with Crippen molar-refractivity contribution in [2.24, 2.45) is 0 Å². The van der Waals surface area contributed by atoms with Gasteiger partial charge in [-0.25, -0.2) is 4.98 Å². The number of aryl methyl sites for hydroxylation is 1. The molecule has 6 nitrogen and oxygen atoms in total. The monoisotopic (exact) mass is 447 g/mol. The van der Waals surface area contributed by atoms with Gasteiger partial charge >= 0.3 is 6.18 Å². The zero-order valence-electron chi connectivity index (χ0n) is 18.5. The highest BCUT2D eigenvalue weighted by atomic mass is 19.4. The Morgan fingerprint density at radius 3 is 2.44 bits per heavy atom. The van der Waals surface area contributed by atoms with Gasteiger partial charge in [-0.3, -0.25) is 0 Å². The van der Waals surface area contributed by atoms with Gasteiger partial charge in [0.1, 0.15) is 11.6 Å². The molecule has 172 valence electrons. The predicted octanol–water partition coefficient (Wildman–Crippen LogP) is 5.13. The summed E-state index contributed by atoms with van der Waals surface area (Å²) in [6, 6.07) is 9.77. The molecule has 0 spiro atoms. The number of halogens is 3. The summed E-state index contributed by atoms with van der Waals surface area (Å²) in [4.78, 5) is 11.3. The summed E-state index contributed by atoms with van der Waals surface area (Å²) in [7, 11) is 3.92. The molecule has 1 aliphatic carbocycles. The molecular weight excluding hydrogens is 419 g/mol. The number of benzene rings is 1. The number of anilines is 2. The van der Waals surface area contributed by atoms with Crippen molar-refractivity contribution in [1.29, 1.82) is 0 Å². The number of nitrogens with one attached hydrogen (secondary N) is 2.